The quantitative estimate of drug-likeness (QED) is 0.629. The highest BCUT2D eigenvalue weighted by atomic mass is 35.5. The first-order valence-electron chi connectivity index (χ1n) is 6.35. The summed E-state index contributed by atoms with van der Waals surface area (Å²) in [7, 11) is 1.65. The van der Waals surface area contributed by atoms with Gasteiger partial charge in [-0.25, -0.2) is 0 Å². The van der Waals surface area contributed by atoms with Crippen LogP contribution in [0.5, 0.6) is 0 Å². The van der Waals surface area contributed by atoms with Gasteiger partial charge in [-0.05, 0) is 19.4 Å². The predicted molar refractivity (Wildman–Crippen MR) is 79.0 cm³/mol. The highest BCUT2D eigenvalue weighted by Gasteiger charge is 2.32. The minimum atomic E-state index is -0.660. The van der Waals surface area contributed by atoms with Crippen molar-refractivity contribution >= 4 is 34.8 Å². The Hall–Kier alpha value is -1.37. The maximum atomic E-state index is 12.5. The van der Waals surface area contributed by atoms with Crippen molar-refractivity contribution in [3.63, 3.8) is 0 Å². The van der Waals surface area contributed by atoms with Crippen molar-refractivity contribution in [2.75, 3.05) is 13.7 Å². The molecule has 0 spiro atoms. The summed E-state index contributed by atoms with van der Waals surface area (Å²) in [6.45, 7) is 2.48. The number of halogens is 2. The van der Waals surface area contributed by atoms with Gasteiger partial charge in [0.25, 0.3) is 11.6 Å². The van der Waals surface area contributed by atoms with Gasteiger partial charge in [0.15, 0.2) is 0 Å². The molecule has 0 saturated carbocycles. The van der Waals surface area contributed by atoms with Gasteiger partial charge in [-0.3, -0.25) is 14.9 Å². The first kappa shape index (κ1) is 16.0. The molecule has 1 heterocycles. The normalized spacial score (nSPS) is 21.3. The summed E-state index contributed by atoms with van der Waals surface area (Å²) in [4.78, 5) is 24.3. The molecular formula is C13H14Cl2N2O4. The minimum absolute atomic E-state index is 0.0154. The van der Waals surface area contributed by atoms with Crippen molar-refractivity contribution < 1.29 is 14.5 Å². The zero-order chi connectivity index (χ0) is 15.7. The molecule has 1 amide bonds. The van der Waals surface area contributed by atoms with Crippen molar-refractivity contribution in [1.29, 1.82) is 0 Å². The van der Waals surface area contributed by atoms with Gasteiger partial charge in [0.1, 0.15) is 5.02 Å². The van der Waals surface area contributed by atoms with Crippen molar-refractivity contribution in [3.8, 4) is 0 Å². The molecule has 0 aromatic heterocycles. The topological polar surface area (TPSA) is 72.7 Å². The Morgan fingerprint density at radius 3 is 2.67 bits per heavy atom. The Balaban J connectivity index is 2.33. The van der Waals surface area contributed by atoms with E-state index in [0.29, 0.717) is 6.61 Å². The van der Waals surface area contributed by atoms with Crippen molar-refractivity contribution in [3.05, 3.63) is 37.9 Å². The van der Waals surface area contributed by atoms with Gasteiger partial charge >= 0.3 is 0 Å². The van der Waals surface area contributed by atoms with Crippen molar-refractivity contribution in [2.45, 2.75) is 25.5 Å². The maximum Gasteiger partial charge on any atom is 0.290 e. The number of nitro benzene ring substituents is 1. The zero-order valence-corrected chi connectivity index (χ0v) is 13.0. The molecular weight excluding hydrogens is 319 g/mol. The van der Waals surface area contributed by atoms with Crippen LogP contribution in [-0.4, -0.2) is 41.5 Å². The van der Waals surface area contributed by atoms with Crippen LogP contribution in [0.1, 0.15) is 23.7 Å². The molecule has 1 aromatic rings. The first-order valence-corrected chi connectivity index (χ1v) is 7.10. The number of hydrogen-bond acceptors (Lipinski definition) is 4. The number of rotatable bonds is 3. The molecule has 1 aliphatic heterocycles. The largest absolute Gasteiger partial charge is 0.376 e. The zero-order valence-electron chi connectivity index (χ0n) is 11.5. The van der Waals surface area contributed by atoms with Gasteiger partial charge in [-0.1, -0.05) is 23.2 Å². The lowest BCUT2D eigenvalue weighted by molar-refractivity contribution is -0.384. The van der Waals surface area contributed by atoms with E-state index in [1.54, 1.807) is 7.05 Å². The number of hydrogen-bond donors (Lipinski definition) is 0. The Bertz CT molecular complexity index is 594. The van der Waals surface area contributed by atoms with Gasteiger partial charge < -0.3 is 9.64 Å². The molecule has 0 aliphatic carbocycles. The highest BCUT2D eigenvalue weighted by Crippen LogP contribution is 2.33. The number of ether oxygens (including phenoxy) is 1. The van der Waals surface area contributed by atoms with E-state index >= 15 is 0 Å². The Labute approximate surface area is 131 Å². The number of nitrogens with zero attached hydrogens (tertiary/aromatic N) is 2. The standard InChI is InChI=1S/C13H14Cl2N2O4/c1-7-10(3-4-21-7)16(2)13(18)8-5-9(14)12(15)11(6-8)17(19)20/h5-7,10H,3-4H2,1-2H3. The van der Waals surface area contributed by atoms with Crippen LogP contribution in [0.4, 0.5) is 5.69 Å². The second-order valence-electron chi connectivity index (χ2n) is 4.90. The number of carbonyl (C=O) groups is 1. The van der Waals surface area contributed by atoms with Crippen LogP contribution in [0, 0.1) is 10.1 Å². The third-order valence-corrected chi connectivity index (χ3v) is 4.40. The van der Waals surface area contributed by atoms with E-state index in [1.807, 2.05) is 6.92 Å². The highest BCUT2D eigenvalue weighted by molar-refractivity contribution is 6.43. The molecule has 1 fully saturated rings. The summed E-state index contributed by atoms with van der Waals surface area (Å²) >= 11 is 11.6. The minimum Gasteiger partial charge on any atom is -0.376 e. The number of carbonyl (C=O) groups excluding carboxylic acids is 1. The SMILES string of the molecule is CC1OCCC1N(C)C(=O)c1cc(Cl)c(Cl)c([N+](=O)[O-])c1. The van der Waals surface area contributed by atoms with Crippen LogP contribution < -0.4 is 0 Å². The molecule has 8 heteroatoms. The Morgan fingerprint density at radius 2 is 2.14 bits per heavy atom. The van der Waals surface area contributed by atoms with E-state index in [9.17, 15) is 14.9 Å². The Kier molecular flexibility index (Phi) is 4.70. The molecule has 2 rings (SSSR count). The van der Waals surface area contributed by atoms with Gasteiger partial charge in [0.05, 0.1) is 22.1 Å². The van der Waals surface area contributed by atoms with Crippen LogP contribution in [0.25, 0.3) is 0 Å². The van der Waals surface area contributed by atoms with E-state index in [-0.39, 0.29) is 39.3 Å². The number of benzene rings is 1. The van der Waals surface area contributed by atoms with Gasteiger partial charge in [-0.2, -0.15) is 0 Å². The summed E-state index contributed by atoms with van der Waals surface area (Å²) < 4.78 is 5.43. The lowest BCUT2D eigenvalue weighted by Crippen LogP contribution is -2.41. The number of likely N-dealkylation sites (N-methyl/N-ethyl adjacent to an activating group) is 1. The second kappa shape index (κ2) is 6.17. The lowest BCUT2D eigenvalue weighted by atomic mass is 10.1. The van der Waals surface area contributed by atoms with Crippen molar-refractivity contribution in [1.82, 2.24) is 4.90 Å². The fourth-order valence-electron chi connectivity index (χ4n) is 2.41. The van der Waals surface area contributed by atoms with E-state index in [1.165, 1.54) is 11.0 Å². The molecule has 21 heavy (non-hydrogen) atoms. The van der Waals surface area contributed by atoms with Crippen LogP contribution in [0.2, 0.25) is 10.0 Å². The summed E-state index contributed by atoms with van der Waals surface area (Å²) in [6.07, 6.45) is 0.656. The summed E-state index contributed by atoms with van der Waals surface area (Å²) in [5, 5.41) is 10.8. The molecule has 0 bridgehead atoms. The average molecular weight is 333 g/mol. The molecule has 0 radical (unpaired) electrons. The molecule has 2 unspecified atom stereocenters. The lowest BCUT2D eigenvalue weighted by Gasteiger charge is -2.26. The molecule has 0 N–H and O–H groups in total. The average Bonchev–Trinajstić information content (AvgIpc) is 2.85. The smallest absolute Gasteiger partial charge is 0.290 e. The summed E-state index contributed by atoms with van der Waals surface area (Å²) in [5.41, 5.74) is -0.241. The second-order valence-corrected chi connectivity index (χ2v) is 5.68. The summed E-state index contributed by atoms with van der Waals surface area (Å²) in [5.74, 6) is -0.348. The van der Waals surface area contributed by atoms with Gasteiger partial charge in [-0.15, -0.1) is 0 Å². The molecule has 1 saturated heterocycles. The van der Waals surface area contributed by atoms with Crippen LogP contribution >= 0.6 is 23.2 Å². The maximum absolute atomic E-state index is 12.5. The van der Waals surface area contributed by atoms with E-state index in [2.05, 4.69) is 0 Å². The molecule has 6 nitrogen and oxygen atoms in total. The van der Waals surface area contributed by atoms with E-state index in [0.717, 1.165) is 12.5 Å². The predicted octanol–water partition coefficient (Wildman–Crippen LogP) is 3.15. The van der Waals surface area contributed by atoms with Crippen LogP contribution in [-0.2, 0) is 4.74 Å². The number of nitro groups is 1. The first-order chi connectivity index (χ1) is 9.82. The monoisotopic (exact) mass is 332 g/mol. The molecule has 2 atom stereocenters. The van der Waals surface area contributed by atoms with Crippen LogP contribution in [0.3, 0.4) is 0 Å². The fourth-order valence-corrected chi connectivity index (χ4v) is 2.81. The van der Waals surface area contributed by atoms with Gasteiger partial charge in [0, 0.05) is 25.3 Å². The molecule has 1 aromatic carbocycles. The van der Waals surface area contributed by atoms with Crippen molar-refractivity contribution in [2.24, 2.45) is 0 Å². The summed E-state index contributed by atoms with van der Waals surface area (Å²) in [6, 6.07) is 2.43. The van der Waals surface area contributed by atoms with Crippen LogP contribution in [0.15, 0.2) is 12.1 Å². The molecule has 114 valence electrons. The Morgan fingerprint density at radius 1 is 1.48 bits per heavy atom. The van der Waals surface area contributed by atoms with E-state index < -0.39 is 4.92 Å². The van der Waals surface area contributed by atoms with Gasteiger partial charge in [0.2, 0.25) is 0 Å². The third kappa shape index (κ3) is 3.12. The third-order valence-electron chi connectivity index (χ3n) is 3.61. The van der Waals surface area contributed by atoms with E-state index in [4.69, 9.17) is 27.9 Å². The molecule has 1 aliphatic rings. The fraction of sp³-hybridized carbons (Fsp3) is 0.462. The number of amides is 1.